The summed E-state index contributed by atoms with van der Waals surface area (Å²) >= 11 is 0. The van der Waals surface area contributed by atoms with E-state index in [1.54, 1.807) is 39.5 Å². The number of nitrogens with one attached hydrogen (secondary N) is 2. The molecule has 2 heterocycles. The summed E-state index contributed by atoms with van der Waals surface area (Å²) in [5.74, 6) is 2.13. The fourth-order valence-corrected chi connectivity index (χ4v) is 3.69. The fourth-order valence-electron chi connectivity index (χ4n) is 3.69. The average molecular weight is 499 g/mol. The van der Waals surface area contributed by atoms with Crippen LogP contribution in [0.5, 0.6) is 11.5 Å². The summed E-state index contributed by atoms with van der Waals surface area (Å²) in [5.41, 5.74) is 2.79. The van der Waals surface area contributed by atoms with Gasteiger partial charge in [0.1, 0.15) is 17.1 Å². The molecule has 2 N–H and O–H groups in total. The molecule has 3 aromatic rings. The molecule has 1 aromatic carbocycles. The third kappa shape index (κ3) is 6.83. The van der Waals surface area contributed by atoms with E-state index >= 15 is 0 Å². The molecule has 0 aliphatic heterocycles. The van der Waals surface area contributed by atoms with Gasteiger partial charge in [-0.05, 0) is 64.8 Å². The monoisotopic (exact) mass is 498 g/mol. The summed E-state index contributed by atoms with van der Waals surface area (Å²) < 4.78 is 17.5. The van der Waals surface area contributed by atoms with E-state index in [1.165, 1.54) is 0 Å². The van der Waals surface area contributed by atoms with Crippen molar-refractivity contribution in [1.29, 1.82) is 0 Å². The molecule has 0 saturated heterocycles. The van der Waals surface area contributed by atoms with E-state index < -0.39 is 11.7 Å². The molecule has 0 aliphatic carbocycles. The minimum Gasteiger partial charge on any atom is -0.497 e. The number of rotatable bonds is 9. The van der Waals surface area contributed by atoms with Crippen molar-refractivity contribution in [3.8, 4) is 11.5 Å². The van der Waals surface area contributed by atoms with Gasteiger partial charge in [0.05, 0.1) is 20.8 Å². The lowest BCUT2D eigenvalue weighted by atomic mass is 10.1. The normalized spacial score (nSPS) is 11.3. The molecule has 36 heavy (non-hydrogen) atoms. The van der Waals surface area contributed by atoms with Crippen LogP contribution in [0.25, 0.3) is 5.78 Å². The van der Waals surface area contributed by atoms with Crippen molar-refractivity contribution < 1.29 is 23.8 Å². The number of nitrogens with zero attached hydrogens (tertiary/aromatic N) is 4. The maximum atomic E-state index is 12.6. The van der Waals surface area contributed by atoms with Crippen LogP contribution < -0.4 is 20.1 Å². The molecule has 2 amide bonds. The van der Waals surface area contributed by atoms with Crippen molar-refractivity contribution in [1.82, 2.24) is 30.2 Å². The van der Waals surface area contributed by atoms with Gasteiger partial charge >= 0.3 is 6.09 Å². The van der Waals surface area contributed by atoms with Crippen LogP contribution in [0.4, 0.5) is 4.79 Å². The number of fused-ring (bicyclic) bond motifs is 1. The first-order chi connectivity index (χ1) is 17.0. The van der Waals surface area contributed by atoms with Crippen molar-refractivity contribution in [2.24, 2.45) is 0 Å². The number of alkyl carbamates (subject to hydrolysis) is 1. The summed E-state index contributed by atoms with van der Waals surface area (Å²) in [6, 6.07) is 5.45. The quantitative estimate of drug-likeness (QED) is 0.461. The van der Waals surface area contributed by atoms with Crippen LogP contribution in [0.1, 0.15) is 55.5 Å². The predicted molar refractivity (Wildman–Crippen MR) is 133 cm³/mol. The molecule has 0 radical (unpaired) electrons. The third-order valence-corrected chi connectivity index (χ3v) is 5.45. The van der Waals surface area contributed by atoms with Gasteiger partial charge in [-0.3, -0.25) is 4.79 Å². The van der Waals surface area contributed by atoms with Gasteiger partial charge in [-0.2, -0.15) is 4.98 Å². The van der Waals surface area contributed by atoms with E-state index in [1.807, 2.05) is 32.0 Å². The summed E-state index contributed by atoms with van der Waals surface area (Å²) in [4.78, 5) is 33.5. The second kappa shape index (κ2) is 11.2. The Morgan fingerprint density at radius 2 is 1.78 bits per heavy atom. The number of aromatic nitrogens is 4. The smallest absolute Gasteiger partial charge is 0.408 e. The number of carbonyl (C=O) groups is 2. The van der Waals surface area contributed by atoms with E-state index in [2.05, 4.69) is 25.7 Å². The third-order valence-electron chi connectivity index (χ3n) is 5.45. The molecular formula is C25H34N6O5. The molecule has 0 saturated carbocycles. The van der Waals surface area contributed by atoms with Crippen LogP contribution in [0.3, 0.4) is 0 Å². The second-order valence-electron chi connectivity index (χ2n) is 9.31. The lowest BCUT2D eigenvalue weighted by molar-refractivity contribution is -0.121. The second-order valence-corrected chi connectivity index (χ2v) is 9.31. The summed E-state index contributed by atoms with van der Waals surface area (Å²) in [6.07, 6.45) is 0.233. The van der Waals surface area contributed by atoms with Gasteiger partial charge in [0, 0.05) is 29.9 Å². The molecule has 3 rings (SSSR count). The zero-order valence-corrected chi connectivity index (χ0v) is 21.9. The van der Waals surface area contributed by atoms with Crippen LogP contribution in [-0.4, -0.2) is 51.4 Å². The van der Waals surface area contributed by atoms with Crippen LogP contribution in [0.15, 0.2) is 18.2 Å². The standard InChI is InChI=1S/C25H34N6O5/c1-15-19(9-11-22(32)26-13-17-12-18(34-6)8-10-20(17)35-7)16(2)31-23(28-15)29-21(30-31)14-27-24(33)36-25(3,4)5/h8,10,12H,9,11,13-14H2,1-7H3,(H,26,32)(H,27,33). The predicted octanol–water partition coefficient (Wildman–Crippen LogP) is 3.03. The first-order valence-corrected chi connectivity index (χ1v) is 11.7. The molecule has 0 unspecified atom stereocenters. The van der Waals surface area contributed by atoms with Crippen LogP contribution in [0.2, 0.25) is 0 Å². The summed E-state index contributed by atoms with van der Waals surface area (Å²) in [6.45, 7) is 9.62. The SMILES string of the molecule is COc1ccc(OC)c(CNC(=O)CCc2c(C)nc3nc(CNC(=O)OC(C)(C)C)nn3c2C)c1. The van der Waals surface area contributed by atoms with Gasteiger partial charge in [-0.15, -0.1) is 5.10 Å². The largest absolute Gasteiger partial charge is 0.497 e. The Labute approximate surface area is 210 Å². The highest BCUT2D eigenvalue weighted by atomic mass is 16.6. The van der Waals surface area contributed by atoms with Gasteiger partial charge in [0.25, 0.3) is 5.78 Å². The number of hydrogen-bond donors (Lipinski definition) is 2. The molecule has 0 fully saturated rings. The van der Waals surface area contributed by atoms with E-state index in [0.29, 0.717) is 36.1 Å². The zero-order chi connectivity index (χ0) is 26.5. The number of carbonyl (C=O) groups excluding carboxylic acids is 2. The van der Waals surface area contributed by atoms with Gasteiger partial charge < -0.3 is 24.8 Å². The van der Waals surface area contributed by atoms with E-state index in [9.17, 15) is 9.59 Å². The van der Waals surface area contributed by atoms with E-state index in [0.717, 1.165) is 22.5 Å². The van der Waals surface area contributed by atoms with Gasteiger partial charge in [0.15, 0.2) is 5.82 Å². The van der Waals surface area contributed by atoms with Crippen LogP contribution >= 0.6 is 0 Å². The molecular weight excluding hydrogens is 464 g/mol. The molecule has 0 aliphatic rings. The molecule has 194 valence electrons. The van der Waals surface area contributed by atoms with Crippen molar-refractivity contribution in [3.05, 3.63) is 46.5 Å². The Hall–Kier alpha value is -3.89. The molecule has 11 heteroatoms. The topological polar surface area (TPSA) is 129 Å². The Morgan fingerprint density at radius 3 is 2.44 bits per heavy atom. The van der Waals surface area contributed by atoms with E-state index in [-0.39, 0.29) is 18.9 Å². The highest BCUT2D eigenvalue weighted by Gasteiger charge is 2.18. The minimum atomic E-state index is -0.590. The number of aryl methyl sites for hydroxylation is 2. The maximum absolute atomic E-state index is 12.6. The molecule has 0 atom stereocenters. The lowest BCUT2D eigenvalue weighted by Crippen LogP contribution is -2.32. The number of ether oxygens (including phenoxy) is 3. The number of hydrogen-bond acceptors (Lipinski definition) is 8. The Bertz CT molecular complexity index is 1250. The Morgan fingerprint density at radius 1 is 1.03 bits per heavy atom. The Balaban J connectivity index is 1.63. The highest BCUT2D eigenvalue weighted by Crippen LogP contribution is 2.24. The highest BCUT2D eigenvalue weighted by molar-refractivity contribution is 5.76. The van der Waals surface area contributed by atoms with Gasteiger partial charge in [-0.1, -0.05) is 0 Å². The minimum absolute atomic E-state index is 0.0976. The number of methoxy groups -OCH3 is 2. The van der Waals surface area contributed by atoms with Gasteiger partial charge in [-0.25, -0.2) is 14.3 Å². The zero-order valence-electron chi connectivity index (χ0n) is 21.9. The molecule has 2 aromatic heterocycles. The molecule has 11 nitrogen and oxygen atoms in total. The molecule has 0 bridgehead atoms. The van der Waals surface area contributed by atoms with Gasteiger partial charge in [0.2, 0.25) is 5.91 Å². The fraction of sp³-hybridized carbons (Fsp3) is 0.480. The van der Waals surface area contributed by atoms with E-state index in [4.69, 9.17) is 14.2 Å². The van der Waals surface area contributed by atoms with Crippen LogP contribution in [0, 0.1) is 13.8 Å². The van der Waals surface area contributed by atoms with Crippen molar-refractivity contribution >= 4 is 17.8 Å². The number of benzene rings is 1. The first-order valence-electron chi connectivity index (χ1n) is 11.7. The van der Waals surface area contributed by atoms with Crippen molar-refractivity contribution in [3.63, 3.8) is 0 Å². The van der Waals surface area contributed by atoms with Crippen molar-refractivity contribution in [2.75, 3.05) is 14.2 Å². The summed E-state index contributed by atoms with van der Waals surface area (Å²) in [7, 11) is 3.18. The number of amides is 2. The average Bonchev–Trinajstić information content (AvgIpc) is 3.23. The molecule has 0 spiro atoms. The maximum Gasteiger partial charge on any atom is 0.408 e. The Kier molecular flexibility index (Phi) is 8.33. The summed E-state index contributed by atoms with van der Waals surface area (Å²) in [5, 5.41) is 10.1. The lowest BCUT2D eigenvalue weighted by Gasteiger charge is -2.19. The van der Waals surface area contributed by atoms with Crippen LogP contribution in [-0.2, 0) is 29.0 Å². The van der Waals surface area contributed by atoms with Crippen molar-refractivity contribution in [2.45, 2.75) is 66.2 Å². The first kappa shape index (κ1) is 26.7.